The monoisotopic (exact) mass is 339 g/mol. The number of halogens is 2. The largest absolute Gasteiger partial charge is 0.360 e. The summed E-state index contributed by atoms with van der Waals surface area (Å²) in [5.41, 5.74) is 0. The van der Waals surface area contributed by atoms with Gasteiger partial charge in [-0.15, -0.1) is 27.3 Å². The molecule has 1 fully saturated rings. The first-order valence-corrected chi connectivity index (χ1v) is 9.39. The number of nitrogens with two attached hydrogens (primary N) is 1. The maximum Gasteiger partial charge on any atom is 0.360 e. The van der Waals surface area contributed by atoms with Gasteiger partial charge in [-0.2, -0.15) is 8.42 Å². The van der Waals surface area contributed by atoms with Crippen LogP contribution in [0, 0.1) is 0 Å². The molecule has 1 unspecified atom stereocenters. The minimum absolute atomic E-state index is 0.0666. The van der Waals surface area contributed by atoms with Gasteiger partial charge < -0.3 is 4.52 Å². The molecule has 0 aliphatic carbocycles. The van der Waals surface area contributed by atoms with E-state index in [-0.39, 0.29) is 38.0 Å². The Morgan fingerprint density at radius 2 is 1.89 bits per heavy atom. The van der Waals surface area contributed by atoms with Gasteiger partial charge in [0.05, 0.1) is 6.61 Å². The molecule has 1 saturated heterocycles. The second kappa shape index (κ2) is 6.85. The summed E-state index contributed by atoms with van der Waals surface area (Å²) in [7, 11) is -7.80. The van der Waals surface area contributed by atoms with Crippen molar-refractivity contribution in [3.8, 4) is 0 Å². The maximum absolute atomic E-state index is 12.7. The molecular formula is C7H16Cl2N3O4PS. The second-order valence-electron chi connectivity index (χ2n) is 3.60. The third-order valence-electron chi connectivity index (χ3n) is 2.37. The van der Waals surface area contributed by atoms with Crippen LogP contribution in [0.1, 0.15) is 6.42 Å². The quantitative estimate of drug-likeness (QED) is 0.570. The highest BCUT2D eigenvalue weighted by Gasteiger charge is 2.45. The number of hydrogen-bond acceptors (Lipinski definition) is 4. The molecule has 1 aliphatic rings. The summed E-state index contributed by atoms with van der Waals surface area (Å²) in [4.78, 5) is 0. The molecule has 0 amide bonds. The summed E-state index contributed by atoms with van der Waals surface area (Å²) < 4.78 is 42.9. The minimum Gasteiger partial charge on any atom is -0.305 e. The van der Waals surface area contributed by atoms with Crippen molar-refractivity contribution >= 4 is 41.1 Å². The van der Waals surface area contributed by atoms with Gasteiger partial charge in [-0.25, -0.2) is 9.81 Å². The Bertz CT molecular complexity index is 415. The number of hydrogen-bond donors (Lipinski definition) is 1. The zero-order valence-corrected chi connectivity index (χ0v) is 12.9. The standard InChI is InChI=1S/C7H16Cl2N3O4PS/c8-2-5-11(6-3-9)17(13)12(18(10,14)15)4-1-7-16-17/h1-7H2,(H2,10,14,15). The molecule has 18 heavy (non-hydrogen) atoms. The van der Waals surface area contributed by atoms with Crippen LogP contribution >= 0.6 is 30.9 Å². The lowest BCUT2D eigenvalue weighted by Crippen LogP contribution is -2.44. The summed E-state index contributed by atoms with van der Waals surface area (Å²) in [5, 5.41) is 5.07. The van der Waals surface area contributed by atoms with Gasteiger partial charge in [0.15, 0.2) is 0 Å². The van der Waals surface area contributed by atoms with Gasteiger partial charge in [0.1, 0.15) is 0 Å². The molecule has 11 heteroatoms. The fraction of sp³-hybridized carbons (Fsp3) is 1.00. The zero-order valence-electron chi connectivity index (χ0n) is 9.67. The van der Waals surface area contributed by atoms with Crippen LogP contribution in [-0.2, 0) is 19.3 Å². The molecule has 1 atom stereocenters. The smallest absolute Gasteiger partial charge is 0.305 e. The molecule has 0 bridgehead atoms. The molecule has 0 aromatic carbocycles. The van der Waals surface area contributed by atoms with Crippen molar-refractivity contribution in [2.24, 2.45) is 5.14 Å². The molecule has 1 heterocycles. The topological polar surface area (TPSA) is 92.9 Å². The molecule has 1 aliphatic heterocycles. The van der Waals surface area contributed by atoms with Gasteiger partial charge in [0.25, 0.3) is 10.2 Å². The lowest BCUT2D eigenvalue weighted by Gasteiger charge is -2.38. The normalized spacial score (nSPS) is 26.7. The van der Waals surface area contributed by atoms with Crippen LogP contribution in [0.5, 0.6) is 0 Å². The Morgan fingerprint density at radius 3 is 2.33 bits per heavy atom. The van der Waals surface area contributed by atoms with E-state index in [4.69, 9.17) is 32.9 Å². The minimum atomic E-state index is -4.10. The maximum atomic E-state index is 12.7. The summed E-state index contributed by atoms with van der Waals surface area (Å²) in [6.07, 6.45) is 0.440. The zero-order chi connectivity index (χ0) is 13.8. The van der Waals surface area contributed by atoms with Crippen molar-refractivity contribution in [3.05, 3.63) is 0 Å². The predicted octanol–water partition coefficient (Wildman–Crippen LogP) is 0.800. The van der Waals surface area contributed by atoms with Crippen molar-refractivity contribution < 1.29 is 17.5 Å². The van der Waals surface area contributed by atoms with Gasteiger partial charge in [0, 0.05) is 31.4 Å². The first-order chi connectivity index (χ1) is 8.36. The van der Waals surface area contributed by atoms with E-state index in [1.807, 2.05) is 0 Å². The van der Waals surface area contributed by atoms with Crippen LogP contribution in [0.4, 0.5) is 0 Å². The van der Waals surface area contributed by atoms with Crippen LogP contribution in [0.3, 0.4) is 0 Å². The van der Waals surface area contributed by atoms with E-state index in [2.05, 4.69) is 0 Å². The van der Waals surface area contributed by atoms with E-state index in [0.29, 0.717) is 10.5 Å². The third kappa shape index (κ3) is 3.80. The van der Waals surface area contributed by atoms with E-state index in [1.165, 1.54) is 4.67 Å². The molecule has 0 radical (unpaired) electrons. The van der Waals surface area contributed by atoms with Crippen LogP contribution in [0.2, 0.25) is 0 Å². The molecule has 0 aromatic heterocycles. The molecule has 0 spiro atoms. The van der Waals surface area contributed by atoms with E-state index in [9.17, 15) is 13.0 Å². The number of nitrogens with zero attached hydrogens (tertiary/aromatic N) is 2. The lowest BCUT2D eigenvalue weighted by atomic mass is 10.5. The molecule has 7 nitrogen and oxygen atoms in total. The highest BCUT2D eigenvalue weighted by atomic mass is 35.5. The van der Waals surface area contributed by atoms with Crippen molar-refractivity contribution in [2.45, 2.75) is 6.42 Å². The Balaban J connectivity index is 3.06. The van der Waals surface area contributed by atoms with Crippen LogP contribution < -0.4 is 5.14 Å². The Morgan fingerprint density at radius 1 is 1.33 bits per heavy atom. The highest BCUT2D eigenvalue weighted by Crippen LogP contribution is 2.57. The van der Waals surface area contributed by atoms with Crippen molar-refractivity contribution in [1.29, 1.82) is 0 Å². The Labute approximate surface area is 117 Å². The number of rotatable bonds is 6. The summed E-state index contributed by atoms with van der Waals surface area (Å²) >= 11 is 11.2. The van der Waals surface area contributed by atoms with Crippen molar-refractivity contribution in [3.63, 3.8) is 0 Å². The molecule has 108 valence electrons. The van der Waals surface area contributed by atoms with Crippen LogP contribution in [0.15, 0.2) is 0 Å². The summed E-state index contributed by atoms with van der Waals surface area (Å²) in [6, 6.07) is 0. The van der Waals surface area contributed by atoms with Crippen molar-refractivity contribution in [1.82, 2.24) is 8.75 Å². The fourth-order valence-electron chi connectivity index (χ4n) is 1.63. The highest BCUT2D eigenvalue weighted by molar-refractivity contribution is 7.92. The van der Waals surface area contributed by atoms with Crippen LogP contribution in [0.25, 0.3) is 0 Å². The average molecular weight is 340 g/mol. The second-order valence-corrected chi connectivity index (χ2v) is 8.38. The van der Waals surface area contributed by atoms with Crippen LogP contribution in [-0.4, -0.2) is 55.2 Å². The van der Waals surface area contributed by atoms with Crippen molar-refractivity contribution in [2.75, 3.05) is 38.0 Å². The molecule has 0 aromatic rings. The summed E-state index contributed by atoms with van der Waals surface area (Å²) in [5.74, 6) is 0.366. The molecule has 1 rings (SSSR count). The van der Waals surface area contributed by atoms with Gasteiger partial charge in [0.2, 0.25) is 0 Å². The Kier molecular flexibility index (Phi) is 6.34. The summed E-state index contributed by atoms with van der Waals surface area (Å²) in [6.45, 7) is 0.691. The Hall–Kier alpha value is 0.600. The van der Waals surface area contributed by atoms with Gasteiger partial charge >= 0.3 is 7.67 Å². The molecule has 2 N–H and O–H groups in total. The average Bonchev–Trinajstić information content (AvgIpc) is 2.27. The van der Waals surface area contributed by atoms with Gasteiger partial charge in [-0.3, -0.25) is 4.57 Å². The third-order valence-corrected chi connectivity index (χ3v) is 7.18. The van der Waals surface area contributed by atoms with E-state index in [1.54, 1.807) is 0 Å². The molecule has 0 saturated carbocycles. The molecular weight excluding hydrogens is 324 g/mol. The SMILES string of the molecule is NS(=O)(=O)N1CCCOP1(=O)N(CCCl)CCCl. The number of alkyl halides is 2. The van der Waals surface area contributed by atoms with E-state index >= 15 is 0 Å². The first-order valence-electron chi connectivity index (χ1n) is 5.29. The van der Waals surface area contributed by atoms with Gasteiger partial charge in [-0.1, -0.05) is 0 Å². The first kappa shape index (κ1) is 16.7. The fourth-order valence-corrected chi connectivity index (χ4v) is 6.30. The lowest BCUT2D eigenvalue weighted by molar-refractivity contribution is 0.201. The van der Waals surface area contributed by atoms with Gasteiger partial charge in [-0.05, 0) is 6.42 Å². The predicted molar refractivity (Wildman–Crippen MR) is 71.0 cm³/mol. The van der Waals surface area contributed by atoms with E-state index < -0.39 is 17.9 Å². The van der Waals surface area contributed by atoms with E-state index in [0.717, 1.165) is 0 Å².